The molecule has 0 N–H and O–H groups in total. The standard InChI is InChI=1S/C10H16O2S/c1-9-5-3-4-6-10(9,2)8-13(11,12)7-9/h3-4H,5-8H2,1-2H3/t9-,10+. The van der Waals surface area contributed by atoms with Gasteiger partial charge in [-0.05, 0) is 23.7 Å². The van der Waals surface area contributed by atoms with Crippen LogP contribution in [0.4, 0.5) is 0 Å². The molecule has 0 radical (unpaired) electrons. The minimum absolute atomic E-state index is 0.0133. The van der Waals surface area contributed by atoms with Crippen molar-refractivity contribution < 1.29 is 8.42 Å². The van der Waals surface area contributed by atoms with Gasteiger partial charge in [0.2, 0.25) is 0 Å². The van der Waals surface area contributed by atoms with Gasteiger partial charge in [0.25, 0.3) is 0 Å². The van der Waals surface area contributed by atoms with E-state index in [1.54, 1.807) is 0 Å². The second kappa shape index (κ2) is 2.38. The number of rotatable bonds is 0. The van der Waals surface area contributed by atoms with Crippen molar-refractivity contribution in [3.05, 3.63) is 12.2 Å². The van der Waals surface area contributed by atoms with E-state index in [9.17, 15) is 8.42 Å². The molecule has 2 rings (SSSR count). The highest BCUT2D eigenvalue weighted by atomic mass is 32.2. The van der Waals surface area contributed by atoms with Crippen LogP contribution in [-0.4, -0.2) is 19.9 Å². The molecule has 3 heteroatoms. The molecule has 2 aliphatic rings. The van der Waals surface area contributed by atoms with Gasteiger partial charge in [-0.1, -0.05) is 26.0 Å². The van der Waals surface area contributed by atoms with Crippen molar-refractivity contribution in [1.82, 2.24) is 0 Å². The lowest BCUT2D eigenvalue weighted by molar-refractivity contribution is 0.131. The van der Waals surface area contributed by atoms with Gasteiger partial charge in [-0.2, -0.15) is 0 Å². The first-order valence-corrected chi connectivity index (χ1v) is 6.55. The van der Waals surface area contributed by atoms with E-state index in [-0.39, 0.29) is 10.8 Å². The van der Waals surface area contributed by atoms with Gasteiger partial charge in [-0.25, -0.2) is 8.42 Å². The zero-order valence-corrected chi connectivity index (χ0v) is 9.02. The molecule has 1 heterocycles. The Labute approximate surface area is 79.9 Å². The summed E-state index contributed by atoms with van der Waals surface area (Å²) in [7, 11) is -2.79. The molecule has 0 saturated carbocycles. The zero-order valence-electron chi connectivity index (χ0n) is 8.21. The predicted molar refractivity (Wildman–Crippen MR) is 53.2 cm³/mol. The van der Waals surface area contributed by atoms with Crippen molar-refractivity contribution in [1.29, 1.82) is 0 Å². The molecule has 1 saturated heterocycles. The maximum atomic E-state index is 11.6. The average Bonchev–Trinajstić information content (AvgIpc) is 2.12. The van der Waals surface area contributed by atoms with Crippen LogP contribution >= 0.6 is 0 Å². The van der Waals surface area contributed by atoms with Crippen LogP contribution in [0.25, 0.3) is 0 Å². The summed E-state index contributed by atoms with van der Waals surface area (Å²) in [5.41, 5.74) is -0.0266. The number of fused-ring (bicyclic) bond motifs is 1. The third-order valence-corrected chi connectivity index (χ3v) is 5.99. The normalized spacial score (nSPS) is 47.5. The molecule has 2 nitrogen and oxygen atoms in total. The Morgan fingerprint density at radius 3 is 1.77 bits per heavy atom. The van der Waals surface area contributed by atoms with E-state index in [1.807, 2.05) is 0 Å². The number of allylic oxidation sites excluding steroid dienone is 2. The van der Waals surface area contributed by atoms with Crippen molar-refractivity contribution in [2.75, 3.05) is 11.5 Å². The first-order valence-electron chi connectivity index (χ1n) is 4.72. The summed E-state index contributed by atoms with van der Waals surface area (Å²) in [6.45, 7) is 4.22. The Balaban J connectivity index is 2.46. The van der Waals surface area contributed by atoms with Crippen LogP contribution in [0.2, 0.25) is 0 Å². The minimum atomic E-state index is -2.79. The van der Waals surface area contributed by atoms with Gasteiger partial charge >= 0.3 is 0 Å². The molecule has 0 aromatic heterocycles. The number of sulfone groups is 1. The van der Waals surface area contributed by atoms with Gasteiger partial charge in [-0.15, -0.1) is 0 Å². The van der Waals surface area contributed by atoms with E-state index >= 15 is 0 Å². The van der Waals surface area contributed by atoms with Gasteiger partial charge in [0.1, 0.15) is 0 Å². The van der Waals surface area contributed by atoms with E-state index in [1.165, 1.54) is 0 Å². The van der Waals surface area contributed by atoms with Crippen molar-refractivity contribution in [3.63, 3.8) is 0 Å². The highest BCUT2D eigenvalue weighted by Crippen LogP contribution is 2.54. The fourth-order valence-electron chi connectivity index (χ4n) is 2.67. The number of hydrogen-bond acceptors (Lipinski definition) is 2. The van der Waals surface area contributed by atoms with Gasteiger partial charge in [0.05, 0.1) is 11.5 Å². The van der Waals surface area contributed by atoms with Crippen molar-refractivity contribution in [2.24, 2.45) is 10.8 Å². The molecule has 1 aliphatic carbocycles. The molecular formula is C10H16O2S. The quantitative estimate of drug-likeness (QED) is 0.559. The van der Waals surface area contributed by atoms with Crippen molar-refractivity contribution >= 4 is 9.84 Å². The fourth-order valence-corrected chi connectivity index (χ4v) is 5.64. The Kier molecular flexibility index (Phi) is 1.69. The topological polar surface area (TPSA) is 34.1 Å². The summed E-state index contributed by atoms with van der Waals surface area (Å²) in [5.74, 6) is 0.752. The van der Waals surface area contributed by atoms with Crippen LogP contribution < -0.4 is 0 Å². The van der Waals surface area contributed by atoms with Crippen LogP contribution in [0.15, 0.2) is 12.2 Å². The van der Waals surface area contributed by atoms with E-state index in [2.05, 4.69) is 26.0 Å². The van der Waals surface area contributed by atoms with E-state index in [4.69, 9.17) is 0 Å². The van der Waals surface area contributed by atoms with Crippen molar-refractivity contribution in [2.45, 2.75) is 26.7 Å². The lowest BCUT2D eigenvalue weighted by atomic mass is 9.62. The molecule has 0 spiro atoms. The SMILES string of the molecule is C[C@@]12CC=CC[C@]1(C)CS(=O)(=O)C2. The first kappa shape index (κ1) is 9.25. The monoisotopic (exact) mass is 200 g/mol. The Bertz CT molecular complexity index is 327. The van der Waals surface area contributed by atoms with Crippen LogP contribution in [0, 0.1) is 10.8 Å². The summed E-state index contributed by atoms with van der Waals surface area (Å²) in [5, 5.41) is 0. The molecule has 0 amide bonds. The second-order valence-electron chi connectivity index (χ2n) is 5.03. The minimum Gasteiger partial charge on any atom is -0.229 e. The van der Waals surface area contributed by atoms with E-state index in [0.717, 1.165) is 12.8 Å². The smallest absolute Gasteiger partial charge is 0.151 e. The number of hydrogen-bond donors (Lipinski definition) is 0. The van der Waals surface area contributed by atoms with Crippen LogP contribution in [0.1, 0.15) is 26.7 Å². The van der Waals surface area contributed by atoms with Crippen molar-refractivity contribution in [3.8, 4) is 0 Å². The first-order chi connectivity index (χ1) is 5.87. The molecular weight excluding hydrogens is 184 g/mol. The summed E-state index contributed by atoms with van der Waals surface area (Å²) >= 11 is 0. The van der Waals surface area contributed by atoms with E-state index < -0.39 is 9.84 Å². The highest BCUT2D eigenvalue weighted by molar-refractivity contribution is 7.91. The van der Waals surface area contributed by atoms with Gasteiger partial charge in [-0.3, -0.25) is 0 Å². The molecule has 1 fully saturated rings. The fraction of sp³-hybridized carbons (Fsp3) is 0.800. The molecule has 2 atom stereocenters. The highest BCUT2D eigenvalue weighted by Gasteiger charge is 2.54. The zero-order chi connectivity index (χ0) is 9.74. The van der Waals surface area contributed by atoms with Gasteiger partial charge < -0.3 is 0 Å². The third-order valence-electron chi connectivity index (χ3n) is 3.84. The molecule has 0 bridgehead atoms. The lowest BCUT2D eigenvalue weighted by Gasteiger charge is -2.41. The van der Waals surface area contributed by atoms with Gasteiger partial charge in [0, 0.05) is 0 Å². The predicted octanol–water partition coefficient (Wildman–Crippen LogP) is 1.78. The summed E-state index contributed by atoms with van der Waals surface area (Å²) in [4.78, 5) is 0. The summed E-state index contributed by atoms with van der Waals surface area (Å²) in [6, 6.07) is 0. The molecule has 0 unspecified atom stereocenters. The molecule has 13 heavy (non-hydrogen) atoms. The largest absolute Gasteiger partial charge is 0.229 e. The average molecular weight is 200 g/mol. The van der Waals surface area contributed by atoms with Crippen LogP contribution in [0.3, 0.4) is 0 Å². The van der Waals surface area contributed by atoms with Crippen LogP contribution in [-0.2, 0) is 9.84 Å². The molecule has 0 aromatic carbocycles. The lowest BCUT2D eigenvalue weighted by Crippen LogP contribution is -2.37. The van der Waals surface area contributed by atoms with Gasteiger partial charge in [0.15, 0.2) is 9.84 Å². The molecule has 1 aliphatic heterocycles. The third kappa shape index (κ3) is 1.25. The Morgan fingerprint density at radius 2 is 1.38 bits per heavy atom. The molecule has 74 valence electrons. The van der Waals surface area contributed by atoms with E-state index in [0.29, 0.717) is 11.5 Å². The maximum Gasteiger partial charge on any atom is 0.151 e. The summed E-state index contributed by atoms with van der Waals surface area (Å²) < 4.78 is 23.2. The second-order valence-corrected chi connectivity index (χ2v) is 7.10. The maximum absolute atomic E-state index is 11.6. The summed E-state index contributed by atoms with van der Waals surface area (Å²) in [6.07, 6.45) is 6.09. The molecule has 0 aromatic rings. The van der Waals surface area contributed by atoms with Crippen LogP contribution in [0.5, 0.6) is 0 Å². The Hall–Kier alpha value is -0.310. The Morgan fingerprint density at radius 1 is 1.00 bits per heavy atom.